The van der Waals surface area contributed by atoms with Crippen molar-refractivity contribution >= 4 is 0 Å². The molecule has 0 amide bonds. The summed E-state index contributed by atoms with van der Waals surface area (Å²) in [5, 5.41) is 36.7. The van der Waals surface area contributed by atoms with E-state index in [1.165, 1.54) is 0 Å². The molecule has 0 atom stereocenters. The van der Waals surface area contributed by atoms with Crippen LogP contribution in [0.5, 0.6) is 0 Å². The highest BCUT2D eigenvalue weighted by atomic mass is 17.0. The maximum atomic E-state index is 10.2. The zero-order chi connectivity index (χ0) is 19.3. The van der Waals surface area contributed by atoms with Crippen LogP contribution < -0.4 is 0 Å². The van der Waals surface area contributed by atoms with E-state index < -0.39 is 46.8 Å². The standard InChI is InChI=1S/C8H16N5O12/c14-9(15)22-5-1-13(2-6-23-10(16)17,3-7-24-11(18)19)4-8-25-12(20)21/h1-8H2/q+1. The van der Waals surface area contributed by atoms with Crippen molar-refractivity contribution in [1.29, 1.82) is 0 Å². The van der Waals surface area contributed by atoms with Crippen molar-refractivity contribution in [3.05, 3.63) is 40.5 Å². The minimum Gasteiger partial charge on any atom is -0.317 e. The lowest BCUT2D eigenvalue weighted by Gasteiger charge is -2.37. The van der Waals surface area contributed by atoms with Gasteiger partial charge in [-0.1, -0.05) is 0 Å². The molecule has 0 heterocycles. The molecular weight excluding hydrogens is 358 g/mol. The Morgan fingerprint density at radius 2 is 0.720 bits per heavy atom. The van der Waals surface area contributed by atoms with Gasteiger partial charge in [0.25, 0.3) is 20.3 Å². The fourth-order valence-corrected chi connectivity index (χ4v) is 1.91. The minimum atomic E-state index is -1.07. The van der Waals surface area contributed by atoms with Crippen LogP contribution >= 0.6 is 0 Å². The smallest absolute Gasteiger partial charge is 0.294 e. The molecule has 144 valence electrons. The Kier molecular flexibility index (Phi) is 9.85. The van der Waals surface area contributed by atoms with Gasteiger partial charge in [-0.3, -0.25) is 0 Å². The van der Waals surface area contributed by atoms with Crippen LogP contribution in [0.3, 0.4) is 0 Å². The van der Waals surface area contributed by atoms with Gasteiger partial charge in [0.05, 0.1) is 0 Å². The largest absolute Gasteiger partial charge is 0.317 e. The number of hydrogen-bond acceptors (Lipinski definition) is 12. The van der Waals surface area contributed by atoms with Crippen molar-refractivity contribution in [3.63, 3.8) is 0 Å². The zero-order valence-corrected chi connectivity index (χ0v) is 12.8. The molecule has 0 aromatic carbocycles. The van der Waals surface area contributed by atoms with E-state index in [1.807, 2.05) is 0 Å². The monoisotopic (exact) mass is 374 g/mol. The summed E-state index contributed by atoms with van der Waals surface area (Å²) in [7, 11) is 0. The Hall–Kier alpha value is -3.24. The van der Waals surface area contributed by atoms with Crippen LogP contribution in [0, 0.1) is 40.5 Å². The summed E-state index contributed by atoms with van der Waals surface area (Å²) in [6.07, 6.45) is 0. The van der Waals surface area contributed by atoms with Gasteiger partial charge in [0.1, 0.15) is 52.6 Å². The first-order valence-corrected chi connectivity index (χ1v) is 6.61. The molecule has 0 aliphatic carbocycles. The quantitative estimate of drug-likeness (QED) is 0.174. The van der Waals surface area contributed by atoms with Gasteiger partial charge in [0, 0.05) is 0 Å². The predicted molar refractivity (Wildman–Crippen MR) is 71.5 cm³/mol. The summed E-state index contributed by atoms with van der Waals surface area (Å²) >= 11 is 0. The van der Waals surface area contributed by atoms with Crippen LogP contribution in [0.4, 0.5) is 0 Å². The Balaban J connectivity index is 4.96. The number of quaternary nitrogens is 1. The van der Waals surface area contributed by atoms with Crippen LogP contribution in [0.1, 0.15) is 0 Å². The molecule has 0 N–H and O–H groups in total. The van der Waals surface area contributed by atoms with Gasteiger partial charge in [0.15, 0.2) is 0 Å². The lowest BCUT2D eigenvalue weighted by atomic mass is 10.3. The van der Waals surface area contributed by atoms with E-state index in [2.05, 4.69) is 19.4 Å². The van der Waals surface area contributed by atoms with Crippen molar-refractivity contribution < 1.29 is 44.2 Å². The van der Waals surface area contributed by atoms with Crippen LogP contribution in [-0.4, -0.2) is 77.4 Å². The third-order valence-electron chi connectivity index (χ3n) is 3.05. The third kappa shape index (κ3) is 11.9. The summed E-state index contributed by atoms with van der Waals surface area (Å²) in [6, 6.07) is 0. The van der Waals surface area contributed by atoms with Crippen LogP contribution in [0.15, 0.2) is 0 Å². The summed E-state index contributed by atoms with van der Waals surface area (Å²) in [4.78, 5) is 57.6. The molecule has 0 aromatic rings. The summed E-state index contributed by atoms with van der Waals surface area (Å²) in [5.41, 5.74) is 0. The second-order valence-electron chi connectivity index (χ2n) is 4.46. The van der Waals surface area contributed by atoms with Gasteiger partial charge < -0.3 is 23.8 Å². The summed E-state index contributed by atoms with van der Waals surface area (Å²) in [5.74, 6) is 0. The number of rotatable bonds is 16. The van der Waals surface area contributed by atoms with Crippen LogP contribution in [-0.2, 0) is 19.4 Å². The fourth-order valence-electron chi connectivity index (χ4n) is 1.91. The average molecular weight is 374 g/mol. The van der Waals surface area contributed by atoms with E-state index in [0.717, 1.165) is 0 Å². The first-order valence-electron chi connectivity index (χ1n) is 6.61. The topological polar surface area (TPSA) is 209 Å². The van der Waals surface area contributed by atoms with E-state index in [9.17, 15) is 40.5 Å². The van der Waals surface area contributed by atoms with E-state index in [1.54, 1.807) is 0 Å². The van der Waals surface area contributed by atoms with Crippen LogP contribution in [0.2, 0.25) is 0 Å². The Labute approximate surface area is 138 Å². The van der Waals surface area contributed by atoms with E-state index >= 15 is 0 Å². The molecule has 25 heavy (non-hydrogen) atoms. The molecule has 0 radical (unpaired) electrons. The Bertz CT molecular complexity index is 387. The molecule has 0 bridgehead atoms. The van der Waals surface area contributed by atoms with Crippen molar-refractivity contribution in [1.82, 2.24) is 0 Å². The summed E-state index contributed by atoms with van der Waals surface area (Å²) in [6.45, 7) is -2.42. The second kappa shape index (κ2) is 11.3. The molecular formula is C8H16N5O12+. The number of nitrogens with zero attached hydrogens (tertiary/aromatic N) is 5. The van der Waals surface area contributed by atoms with Gasteiger partial charge in [-0.2, -0.15) is 0 Å². The second-order valence-corrected chi connectivity index (χ2v) is 4.46. The lowest BCUT2D eigenvalue weighted by Crippen LogP contribution is -2.56. The third-order valence-corrected chi connectivity index (χ3v) is 3.05. The molecule has 0 rings (SSSR count). The molecule has 0 unspecified atom stereocenters. The van der Waals surface area contributed by atoms with E-state index in [4.69, 9.17) is 0 Å². The molecule has 0 saturated heterocycles. The zero-order valence-electron chi connectivity index (χ0n) is 12.8. The van der Waals surface area contributed by atoms with E-state index in [0.29, 0.717) is 0 Å². The van der Waals surface area contributed by atoms with Crippen molar-refractivity contribution in [3.8, 4) is 0 Å². The highest BCUT2D eigenvalue weighted by molar-refractivity contribution is 4.46. The molecule has 0 aliphatic heterocycles. The first kappa shape index (κ1) is 21.8. The van der Waals surface area contributed by atoms with Gasteiger partial charge in [-0.05, 0) is 0 Å². The lowest BCUT2D eigenvalue weighted by molar-refractivity contribution is -0.947. The highest BCUT2D eigenvalue weighted by Crippen LogP contribution is 2.08. The van der Waals surface area contributed by atoms with Crippen molar-refractivity contribution in [2.45, 2.75) is 0 Å². The molecule has 0 aromatic heterocycles. The van der Waals surface area contributed by atoms with Crippen LogP contribution in [0.25, 0.3) is 0 Å². The van der Waals surface area contributed by atoms with E-state index in [-0.39, 0.29) is 30.7 Å². The minimum absolute atomic E-state index is 0.149. The highest BCUT2D eigenvalue weighted by Gasteiger charge is 2.29. The molecule has 17 heteroatoms. The fraction of sp³-hybridized carbons (Fsp3) is 1.00. The van der Waals surface area contributed by atoms with Gasteiger partial charge in [-0.15, -0.1) is 40.5 Å². The SMILES string of the molecule is O=[N+]([O-])OCC[N+](CCO[N+](=O)[O-])(CCO[N+](=O)[O-])CCO[N+](=O)[O-]. The average Bonchev–Trinajstić information content (AvgIpc) is 2.45. The van der Waals surface area contributed by atoms with Gasteiger partial charge in [-0.25, -0.2) is 0 Å². The van der Waals surface area contributed by atoms with Crippen molar-refractivity contribution in [2.24, 2.45) is 0 Å². The van der Waals surface area contributed by atoms with Gasteiger partial charge >= 0.3 is 0 Å². The maximum Gasteiger partial charge on any atom is 0.294 e. The molecule has 0 aliphatic rings. The number of hydrogen-bond donors (Lipinski definition) is 0. The normalized spacial score (nSPS) is 10.6. The molecule has 0 saturated carbocycles. The maximum absolute atomic E-state index is 10.2. The predicted octanol–water partition coefficient (Wildman–Crippen LogP) is -1.36. The Morgan fingerprint density at radius 3 is 0.880 bits per heavy atom. The molecule has 0 fully saturated rings. The van der Waals surface area contributed by atoms with Crippen molar-refractivity contribution in [2.75, 3.05) is 52.6 Å². The molecule has 0 spiro atoms. The van der Waals surface area contributed by atoms with Gasteiger partial charge in [0.2, 0.25) is 0 Å². The molecule has 17 nitrogen and oxygen atoms in total. The first-order chi connectivity index (χ1) is 11.7. The summed E-state index contributed by atoms with van der Waals surface area (Å²) < 4.78 is -0.302. The Morgan fingerprint density at radius 1 is 0.520 bits per heavy atom.